The van der Waals surface area contributed by atoms with E-state index in [2.05, 4.69) is 5.32 Å². The summed E-state index contributed by atoms with van der Waals surface area (Å²) in [7, 11) is 0. The fraction of sp³-hybridized carbons (Fsp3) is 0.417. The number of carbonyl (C=O) groups excluding carboxylic acids is 2. The van der Waals surface area contributed by atoms with Crippen LogP contribution in [0.3, 0.4) is 0 Å². The van der Waals surface area contributed by atoms with Crippen molar-refractivity contribution < 1.29 is 29.1 Å². The molecule has 2 aromatic rings. The van der Waals surface area contributed by atoms with Crippen molar-refractivity contribution in [3.05, 3.63) is 63.7 Å². The molecule has 0 saturated heterocycles. The Morgan fingerprint density at radius 1 is 1.15 bits per heavy atom. The molecule has 33 heavy (non-hydrogen) atoms. The second-order valence-corrected chi connectivity index (χ2v) is 8.59. The first-order valence-corrected chi connectivity index (χ1v) is 10.7. The molecule has 9 heteroatoms. The van der Waals surface area contributed by atoms with E-state index in [-0.39, 0.29) is 35.5 Å². The van der Waals surface area contributed by atoms with E-state index >= 15 is 0 Å². The molecule has 178 valence electrons. The van der Waals surface area contributed by atoms with Crippen molar-refractivity contribution in [1.29, 1.82) is 0 Å². The van der Waals surface area contributed by atoms with E-state index in [1.165, 1.54) is 24.3 Å². The summed E-state index contributed by atoms with van der Waals surface area (Å²) in [5.41, 5.74) is 0.0281. The number of rotatable bonds is 10. The molecule has 2 rings (SSSR count). The summed E-state index contributed by atoms with van der Waals surface area (Å²) in [5, 5.41) is 23.9. The summed E-state index contributed by atoms with van der Waals surface area (Å²) in [6, 6.07) is 10.4. The van der Waals surface area contributed by atoms with Crippen molar-refractivity contribution in [1.82, 2.24) is 5.32 Å². The van der Waals surface area contributed by atoms with Crippen LogP contribution in [0.25, 0.3) is 0 Å². The number of amides is 1. The number of hydrogen-bond acceptors (Lipinski definition) is 7. The van der Waals surface area contributed by atoms with Crippen molar-refractivity contribution in [2.24, 2.45) is 0 Å². The molecule has 1 atom stereocenters. The zero-order valence-corrected chi connectivity index (χ0v) is 19.3. The monoisotopic (exact) mass is 458 g/mol. The summed E-state index contributed by atoms with van der Waals surface area (Å²) in [6.07, 6.45) is 0.655. The fourth-order valence-electron chi connectivity index (χ4n) is 2.94. The number of esters is 1. The summed E-state index contributed by atoms with van der Waals surface area (Å²) >= 11 is 0. The van der Waals surface area contributed by atoms with E-state index < -0.39 is 16.6 Å². The predicted octanol–water partition coefficient (Wildman–Crippen LogP) is 4.68. The molecule has 9 nitrogen and oxygen atoms in total. The molecule has 0 heterocycles. The highest BCUT2D eigenvalue weighted by Gasteiger charge is 2.19. The number of hydrogen-bond donors (Lipinski definition) is 2. The highest BCUT2D eigenvalue weighted by Crippen LogP contribution is 2.34. The highest BCUT2D eigenvalue weighted by molar-refractivity contribution is 5.94. The number of carbonyl (C=O) groups is 2. The van der Waals surface area contributed by atoms with Gasteiger partial charge in [0.15, 0.2) is 0 Å². The molecule has 0 unspecified atom stereocenters. The summed E-state index contributed by atoms with van der Waals surface area (Å²) in [4.78, 5) is 34.9. The van der Waals surface area contributed by atoms with Gasteiger partial charge in [0.05, 0.1) is 11.0 Å². The minimum Gasteiger partial charge on any atom is -0.460 e. The first-order chi connectivity index (χ1) is 15.5. The number of ether oxygens (including phenoxy) is 2. The predicted molar refractivity (Wildman–Crippen MR) is 122 cm³/mol. The Bertz CT molecular complexity index is 997. The van der Waals surface area contributed by atoms with E-state index in [0.717, 1.165) is 0 Å². The quantitative estimate of drug-likeness (QED) is 0.229. The average Bonchev–Trinajstić information content (AvgIpc) is 2.72. The van der Waals surface area contributed by atoms with Gasteiger partial charge in [-0.2, -0.15) is 0 Å². The zero-order valence-electron chi connectivity index (χ0n) is 19.3. The van der Waals surface area contributed by atoms with Gasteiger partial charge in [-0.3, -0.25) is 19.7 Å². The Morgan fingerprint density at radius 2 is 1.88 bits per heavy atom. The lowest BCUT2D eigenvalue weighted by molar-refractivity contribution is -0.385. The van der Waals surface area contributed by atoms with Gasteiger partial charge in [-0.25, -0.2) is 0 Å². The van der Waals surface area contributed by atoms with Gasteiger partial charge >= 0.3 is 11.7 Å². The molecule has 0 spiro atoms. The van der Waals surface area contributed by atoms with Crippen molar-refractivity contribution in [2.45, 2.75) is 58.7 Å². The lowest BCUT2D eigenvalue weighted by Gasteiger charge is -2.19. The molecule has 0 radical (unpaired) electrons. The van der Waals surface area contributed by atoms with Crippen LogP contribution in [0.1, 0.15) is 69.0 Å². The van der Waals surface area contributed by atoms with E-state index in [1.807, 2.05) is 20.8 Å². The zero-order chi connectivity index (χ0) is 24.6. The van der Waals surface area contributed by atoms with Crippen LogP contribution in [-0.4, -0.2) is 34.1 Å². The lowest BCUT2D eigenvalue weighted by Crippen LogP contribution is -2.25. The Hall–Kier alpha value is -3.46. The molecule has 0 aliphatic carbocycles. The number of aliphatic hydroxyl groups is 1. The maximum Gasteiger partial charge on any atom is 0.311 e. The van der Waals surface area contributed by atoms with Crippen molar-refractivity contribution >= 4 is 17.6 Å². The standard InChI is InChI=1S/C24H30N2O7/c1-16(27)17-11-12-20(26(30)31)21(15-17)32-19-9-7-8-18(14-19)23(29)25-13-6-5-10-22(28)33-24(2,3)4/h7-9,11-12,14-16,27H,5-6,10,13H2,1-4H3,(H,25,29)/t16-/m1/s1. The minimum atomic E-state index is -0.819. The number of aliphatic hydroxyl groups excluding tert-OH is 1. The summed E-state index contributed by atoms with van der Waals surface area (Å²) < 4.78 is 10.9. The van der Waals surface area contributed by atoms with Crippen LogP contribution in [0.5, 0.6) is 11.5 Å². The molecule has 0 aromatic heterocycles. The number of nitro benzene ring substituents is 1. The van der Waals surface area contributed by atoms with Gasteiger partial charge in [0.25, 0.3) is 5.91 Å². The van der Waals surface area contributed by atoms with Crippen LogP contribution in [0.2, 0.25) is 0 Å². The van der Waals surface area contributed by atoms with Gasteiger partial charge in [0.1, 0.15) is 11.4 Å². The smallest absolute Gasteiger partial charge is 0.311 e. The molecular formula is C24H30N2O7. The van der Waals surface area contributed by atoms with Gasteiger partial charge in [-0.15, -0.1) is 0 Å². The molecule has 0 saturated carbocycles. The van der Waals surface area contributed by atoms with Gasteiger partial charge in [-0.05, 0) is 76.4 Å². The van der Waals surface area contributed by atoms with E-state index in [1.54, 1.807) is 25.1 Å². The molecular weight excluding hydrogens is 428 g/mol. The van der Waals surface area contributed by atoms with Gasteiger partial charge in [0.2, 0.25) is 5.75 Å². The number of unbranched alkanes of at least 4 members (excludes halogenated alkanes) is 1. The van der Waals surface area contributed by atoms with Crippen molar-refractivity contribution in [3.8, 4) is 11.5 Å². The van der Waals surface area contributed by atoms with Crippen LogP contribution >= 0.6 is 0 Å². The number of nitrogens with zero attached hydrogens (tertiary/aromatic N) is 1. The van der Waals surface area contributed by atoms with Crippen LogP contribution in [0, 0.1) is 10.1 Å². The largest absolute Gasteiger partial charge is 0.460 e. The van der Waals surface area contributed by atoms with Crippen molar-refractivity contribution in [3.63, 3.8) is 0 Å². The number of nitrogens with one attached hydrogen (secondary N) is 1. The summed E-state index contributed by atoms with van der Waals surface area (Å²) in [5.74, 6) is -0.381. The van der Waals surface area contributed by atoms with Gasteiger partial charge in [0, 0.05) is 24.6 Å². The molecule has 2 N–H and O–H groups in total. The van der Waals surface area contributed by atoms with E-state index in [9.17, 15) is 24.8 Å². The van der Waals surface area contributed by atoms with Gasteiger partial charge < -0.3 is 19.9 Å². The second-order valence-electron chi connectivity index (χ2n) is 8.59. The van der Waals surface area contributed by atoms with Gasteiger partial charge in [-0.1, -0.05) is 6.07 Å². The highest BCUT2D eigenvalue weighted by atomic mass is 16.6. The Kier molecular flexibility index (Phi) is 8.93. The Morgan fingerprint density at radius 3 is 2.52 bits per heavy atom. The summed E-state index contributed by atoms with van der Waals surface area (Å²) in [6.45, 7) is 7.36. The fourth-order valence-corrected chi connectivity index (χ4v) is 2.94. The minimum absolute atomic E-state index is 0.0295. The number of nitro groups is 1. The van der Waals surface area contributed by atoms with Crippen LogP contribution in [0.15, 0.2) is 42.5 Å². The molecule has 0 aliphatic heterocycles. The third kappa shape index (κ3) is 8.53. The van der Waals surface area contributed by atoms with Crippen molar-refractivity contribution in [2.75, 3.05) is 6.54 Å². The van der Waals surface area contributed by atoms with E-state index in [0.29, 0.717) is 30.5 Å². The molecule has 2 aromatic carbocycles. The van der Waals surface area contributed by atoms with E-state index in [4.69, 9.17) is 9.47 Å². The first-order valence-electron chi connectivity index (χ1n) is 10.7. The van der Waals surface area contributed by atoms with Crippen LogP contribution < -0.4 is 10.1 Å². The van der Waals surface area contributed by atoms with Crippen LogP contribution in [0.4, 0.5) is 5.69 Å². The lowest BCUT2D eigenvalue weighted by atomic mass is 10.1. The third-order valence-electron chi connectivity index (χ3n) is 4.50. The molecule has 0 aliphatic rings. The SMILES string of the molecule is C[C@@H](O)c1ccc([N+](=O)[O-])c(Oc2cccc(C(=O)NCCCCC(=O)OC(C)(C)C)c2)c1. The molecule has 0 bridgehead atoms. The number of benzene rings is 2. The normalized spacial score (nSPS) is 12.0. The topological polar surface area (TPSA) is 128 Å². The molecule has 0 fully saturated rings. The third-order valence-corrected chi connectivity index (χ3v) is 4.50. The first kappa shape index (κ1) is 25.8. The maximum atomic E-state index is 12.5. The average molecular weight is 459 g/mol. The molecule has 1 amide bonds. The Balaban J connectivity index is 1.95. The maximum absolute atomic E-state index is 12.5. The Labute approximate surface area is 192 Å². The van der Waals surface area contributed by atoms with Crippen LogP contribution in [-0.2, 0) is 9.53 Å². The second kappa shape index (κ2) is 11.4.